The van der Waals surface area contributed by atoms with Crippen molar-refractivity contribution in [2.24, 2.45) is 0 Å². The first kappa shape index (κ1) is 16.6. The van der Waals surface area contributed by atoms with Gasteiger partial charge in [0.1, 0.15) is 6.54 Å². The number of halogens is 2. The molecule has 0 atom stereocenters. The molecule has 1 amide bonds. The number of nitrogens with zero attached hydrogens (tertiary/aromatic N) is 1. The Labute approximate surface area is 147 Å². The Kier molecular flexibility index (Phi) is 4.92. The van der Waals surface area contributed by atoms with Crippen LogP contribution in [0.25, 0.3) is 11.1 Å². The molecular formula is C17H14Cl2N2O3. The maximum Gasteiger partial charge on any atom is 0.420 e. The Morgan fingerprint density at radius 1 is 1.17 bits per heavy atom. The number of amides is 1. The van der Waals surface area contributed by atoms with Gasteiger partial charge in [-0.3, -0.25) is 9.36 Å². The van der Waals surface area contributed by atoms with Crippen molar-refractivity contribution < 1.29 is 9.21 Å². The molecule has 0 aliphatic heterocycles. The molecule has 124 valence electrons. The second-order valence-electron chi connectivity index (χ2n) is 5.26. The van der Waals surface area contributed by atoms with Crippen LogP contribution in [0.1, 0.15) is 5.56 Å². The Bertz CT molecular complexity index is 946. The first-order valence-corrected chi connectivity index (χ1v) is 8.09. The maximum atomic E-state index is 12.1. The Balaban J connectivity index is 1.64. The molecule has 5 nitrogen and oxygen atoms in total. The highest BCUT2D eigenvalue weighted by atomic mass is 35.5. The van der Waals surface area contributed by atoms with E-state index in [1.807, 2.05) is 18.2 Å². The third kappa shape index (κ3) is 3.63. The van der Waals surface area contributed by atoms with Gasteiger partial charge in [0.25, 0.3) is 0 Å². The van der Waals surface area contributed by atoms with E-state index in [0.717, 1.165) is 5.56 Å². The van der Waals surface area contributed by atoms with E-state index >= 15 is 0 Å². The van der Waals surface area contributed by atoms with E-state index in [2.05, 4.69) is 5.32 Å². The fraction of sp³-hybridized carbons (Fsp3) is 0.176. The van der Waals surface area contributed by atoms with Crippen LogP contribution in [-0.2, 0) is 17.8 Å². The van der Waals surface area contributed by atoms with Gasteiger partial charge in [0.05, 0.1) is 5.52 Å². The van der Waals surface area contributed by atoms with Gasteiger partial charge in [0.2, 0.25) is 5.91 Å². The standard InChI is InChI=1S/C17H14Cl2N2O3/c18-12-5-6-14-15(9-12)24-17(23)21(14)10-16(22)20-8-7-11-3-1-2-4-13(11)19/h1-6,9H,7-8,10H2,(H,20,22). The molecule has 3 rings (SSSR count). The number of rotatable bonds is 5. The van der Waals surface area contributed by atoms with Gasteiger partial charge in [-0.2, -0.15) is 0 Å². The van der Waals surface area contributed by atoms with E-state index in [-0.39, 0.29) is 12.5 Å². The summed E-state index contributed by atoms with van der Waals surface area (Å²) < 4.78 is 6.37. The van der Waals surface area contributed by atoms with Gasteiger partial charge in [-0.1, -0.05) is 41.4 Å². The van der Waals surface area contributed by atoms with Gasteiger partial charge in [-0.15, -0.1) is 0 Å². The fourth-order valence-corrected chi connectivity index (χ4v) is 2.82. The summed E-state index contributed by atoms with van der Waals surface area (Å²) in [5, 5.41) is 3.91. The molecule has 0 saturated carbocycles. The highest BCUT2D eigenvalue weighted by Crippen LogP contribution is 2.18. The van der Waals surface area contributed by atoms with Crippen LogP contribution in [0.15, 0.2) is 51.7 Å². The highest BCUT2D eigenvalue weighted by Gasteiger charge is 2.13. The maximum absolute atomic E-state index is 12.1. The van der Waals surface area contributed by atoms with Gasteiger partial charge in [0.15, 0.2) is 5.58 Å². The normalized spacial score (nSPS) is 10.9. The van der Waals surface area contributed by atoms with Gasteiger partial charge in [-0.05, 0) is 30.2 Å². The van der Waals surface area contributed by atoms with E-state index in [4.69, 9.17) is 27.6 Å². The van der Waals surface area contributed by atoms with Crippen LogP contribution < -0.4 is 11.1 Å². The van der Waals surface area contributed by atoms with Crippen LogP contribution in [-0.4, -0.2) is 17.0 Å². The number of oxazole rings is 1. The minimum Gasteiger partial charge on any atom is -0.408 e. The topological polar surface area (TPSA) is 64.2 Å². The lowest BCUT2D eigenvalue weighted by Crippen LogP contribution is -2.32. The third-order valence-corrected chi connectivity index (χ3v) is 4.21. The Morgan fingerprint density at radius 3 is 2.75 bits per heavy atom. The van der Waals surface area contributed by atoms with Gasteiger partial charge in [0, 0.05) is 22.7 Å². The smallest absolute Gasteiger partial charge is 0.408 e. The number of hydrogen-bond acceptors (Lipinski definition) is 3. The van der Waals surface area contributed by atoms with Crippen LogP contribution in [0, 0.1) is 0 Å². The highest BCUT2D eigenvalue weighted by molar-refractivity contribution is 6.31. The van der Waals surface area contributed by atoms with E-state index in [1.165, 1.54) is 4.57 Å². The van der Waals surface area contributed by atoms with Gasteiger partial charge in [-0.25, -0.2) is 4.79 Å². The quantitative estimate of drug-likeness (QED) is 0.755. The second-order valence-corrected chi connectivity index (χ2v) is 6.10. The molecule has 0 bridgehead atoms. The number of hydrogen-bond donors (Lipinski definition) is 1. The molecule has 7 heteroatoms. The summed E-state index contributed by atoms with van der Waals surface area (Å²) >= 11 is 11.9. The minimum absolute atomic E-state index is 0.115. The number of nitrogens with one attached hydrogen (secondary N) is 1. The van der Waals surface area contributed by atoms with Gasteiger partial charge >= 0.3 is 5.76 Å². The summed E-state index contributed by atoms with van der Waals surface area (Å²) in [6, 6.07) is 12.3. The summed E-state index contributed by atoms with van der Waals surface area (Å²) in [5.74, 6) is -0.865. The molecule has 0 fully saturated rings. The van der Waals surface area contributed by atoms with Crippen LogP contribution in [0.5, 0.6) is 0 Å². The molecule has 2 aromatic carbocycles. The van der Waals surface area contributed by atoms with Crippen molar-refractivity contribution in [3.63, 3.8) is 0 Å². The lowest BCUT2D eigenvalue weighted by molar-refractivity contribution is -0.121. The summed E-state index contributed by atoms with van der Waals surface area (Å²) in [7, 11) is 0. The van der Waals surface area contributed by atoms with Crippen molar-refractivity contribution >= 4 is 40.2 Å². The van der Waals surface area contributed by atoms with Crippen LogP contribution >= 0.6 is 23.2 Å². The number of carbonyl (C=O) groups is 1. The van der Waals surface area contributed by atoms with Crippen molar-refractivity contribution in [3.05, 3.63) is 68.6 Å². The first-order valence-electron chi connectivity index (χ1n) is 7.33. The lowest BCUT2D eigenvalue weighted by atomic mass is 10.1. The average molecular weight is 365 g/mol. The predicted molar refractivity (Wildman–Crippen MR) is 93.6 cm³/mol. The third-order valence-electron chi connectivity index (χ3n) is 3.61. The van der Waals surface area contributed by atoms with E-state index in [9.17, 15) is 9.59 Å². The molecule has 0 radical (unpaired) electrons. The Morgan fingerprint density at radius 2 is 1.96 bits per heavy atom. The molecular weight excluding hydrogens is 351 g/mol. The summed E-state index contributed by atoms with van der Waals surface area (Å²) in [4.78, 5) is 24.0. The van der Waals surface area contributed by atoms with Crippen molar-refractivity contribution in [3.8, 4) is 0 Å². The number of fused-ring (bicyclic) bond motifs is 1. The molecule has 24 heavy (non-hydrogen) atoms. The molecule has 1 heterocycles. The van der Waals surface area contributed by atoms with Crippen LogP contribution in [0.4, 0.5) is 0 Å². The molecule has 0 aliphatic carbocycles. The van der Waals surface area contributed by atoms with Crippen molar-refractivity contribution in [2.75, 3.05) is 6.54 Å². The number of benzene rings is 2. The summed E-state index contributed by atoms with van der Waals surface area (Å²) in [6.45, 7) is 0.314. The zero-order valence-electron chi connectivity index (χ0n) is 12.6. The molecule has 1 aromatic heterocycles. The first-order chi connectivity index (χ1) is 11.5. The van der Waals surface area contributed by atoms with E-state index in [1.54, 1.807) is 24.3 Å². The van der Waals surface area contributed by atoms with E-state index in [0.29, 0.717) is 34.1 Å². The van der Waals surface area contributed by atoms with Crippen molar-refractivity contribution in [1.29, 1.82) is 0 Å². The van der Waals surface area contributed by atoms with Crippen molar-refractivity contribution in [1.82, 2.24) is 9.88 Å². The van der Waals surface area contributed by atoms with Crippen molar-refractivity contribution in [2.45, 2.75) is 13.0 Å². The lowest BCUT2D eigenvalue weighted by Gasteiger charge is -2.07. The molecule has 0 spiro atoms. The molecule has 0 unspecified atom stereocenters. The molecule has 0 saturated heterocycles. The Hall–Kier alpha value is -2.24. The largest absolute Gasteiger partial charge is 0.420 e. The van der Waals surface area contributed by atoms with E-state index < -0.39 is 5.76 Å². The number of carbonyl (C=O) groups excluding carboxylic acids is 1. The van der Waals surface area contributed by atoms with Crippen LogP contribution in [0.3, 0.4) is 0 Å². The average Bonchev–Trinajstić information content (AvgIpc) is 2.84. The zero-order valence-corrected chi connectivity index (χ0v) is 14.1. The number of aromatic nitrogens is 1. The molecule has 3 aromatic rings. The van der Waals surface area contributed by atoms with Gasteiger partial charge < -0.3 is 9.73 Å². The van der Waals surface area contributed by atoms with Crippen LogP contribution in [0.2, 0.25) is 10.0 Å². The molecule has 0 aliphatic rings. The molecule has 1 N–H and O–H groups in total. The summed E-state index contributed by atoms with van der Waals surface area (Å²) in [6.07, 6.45) is 0.613. The zero-order chi connectivity index (χ0) is 17.1. The predicted octanol–water partition coefficient (Wildman–Crippen LogP) is 3.26. The second kappa shape index (κ2) is 7.11. The monoisotopic (exact) mass is 364 g/mol. The summed E-state index contributed by atoms with van der Waals surface area (Å²) in [5.41, 5.74) is 1.85. The SMILES string of the molecule is O=C(Cn1c(=O)oc2cc(Cl)ccc21)NCCc1ccccc1Cl. The fourth-order valence-electron chi connectivity index (χ4n) is 2.43. The minimum atomic E-state index is -0.589.